The molecule has 1 aromatic heterocycles. The number of aromatic nitrogens is 1. The van der Waals surface area contributed by atoms with Crippen molar-refractivity contribution in [2.24, 2.45) is 0 Å². The van der Waals surface area contributed by atoms with E-state index < -0.39 is 5.97 Å². The highest BCUT2D eigenvalue weighted by Gasteiger charge is 2.29. The van der Waals surface area contributed by atoms with Crippen molar-refractivity contribution in [3.8, 4) is 0 Å². The van der Waals surface area contributed by atoms with Crippen molar-refractivity contribution >= 4 is 23.2 Å². The first-order valence-corrected chi connectivity index (χ1v) is 7.96. The van der Waals surface area contributed by atoms with Gasteiger partial charge in [0.25, 0.3) is 5.91 Å². The number of rotatable bonds is 6. The second-order valence-electron chi connectivity index (χ2n) is 5.14. The van der Waals surface area contributed by atoms with E-state index in [1.807, 2.05) is 0 Å². The standard InChI is InChI=1S/C14H20N2O4S/c1-20-8-12-15-11(9-21-12)14(19)16-7-3-2-4-10(16)5-6-13(17)18/h9-10H,2-8H2,1H3,(H,17,18). The van der Waals surface area contributed by atoms with Crippen LogP contribution in [0.15, 0.2) is 5.38 Å². The SMILES string of the molecule is COCc1nc(C(=O)N2CCCCC2CCC(=O)O)cs1. The third kappa shape index (κ3) is 4.25. The number of ether oxygens (including phenoxy) is 1. The molecule has 1 amide bonds. The molecule has 1 aliphatic heterocycles. The van der Waals surface area contributed by atoms with E-state index >= 15 is 0 Å². The Morgan fingerprint density at radius 3 is 3.05 bits per heavy atom. The van der Waals surface area contributed by atoms with Gasteiger partial charge in [-0.2, -0.15) is 0 Å². The van der Waals surface area contributed by atoms with Crippen molar-refractivity contribution < 1.29 is 19.4 Å². The van der Waals surface area contributed by atoms with Crippen LogP contribution in [0.4, 0.5) is 0 Å². The summed E-state index contributed by atoms with van der Waals surface area (Å²) >= 11 is 1.41. The third-order valence-corrected chi connectivity index (χ3v) is 4.44. The fraction of sp³-hybridized carbons (Fsp3) is 0.643. The number of hydrogen-bond donors (Lipinski definition) is 1. The van der Waals surface area contributed by atoms with Gasteiger partial charge in [-0.15, -0.1) is 11.3 Å². The predicted molar refractivity (Wildman–Crippen MR) is 78.4 cm³/mol. The second kappa shape index (κ2) is 7.51. The summed E-state index contributed by atoms with van der Waals surface area (Å²) in [5.74, 6) is -0.910. The molecular formula is C14H20N2O4S. The number of nitrogens with zero attached hydrogens (tertiary/aromatic N) is 2. The molecule has 2 heterocycles. The van der Waals surface area contributed by atoms with Crippen LogP contribution in [-0.4, -0.2) is 46.6 Å². The average Bonchev–Trinajstić information content (AvgIpc) is 2.94. The zero-order valence-electron chi connectivity index (χ0n) is 12.1. The minimum absolute atomic E-state index is 0.00919. The van der Waals surface area contributed by atoms with Crippen LogP contribution >= 0.6 is 11.3 Å². The quantitative estimate of drug-likeness (QED) is 0.870. The molecule has 1 atom stereocenters. The van der Waals surface area contributed by atoms with Gasteiger partial charge in [-0.05, 0) is 25.7 Å². The Morgan fingerprint density at radius 1 is 1.52 bits per heavy atom. The van der Waals surface area contributed by atoms with Crippen LogP contribution in [0.1, 0.15) is 47.6 Å². The van der Waals surface area contributed by atoms with Crippen molar-refractivity contribution in [1.29, 1.82) is 0 Å². The Bertz CT molecular complexity index is 503. The zero-order valence-corrected chi connectivity index (χ0v) is 12.9. The van der Waals surface area contributed by atoms with Gasteiger partial charge >= 0.3 is 5.97 Å². The number of methoxy groups -OCH3 is 1. The van der Waals surface area contributed by atoms with Crippen LogP contribution in [0.25, 0.3) is 0 Å². The maximum absolute atomic E-state index is 12.6. The van der Waals surface area contributed by atoms with Gasteiger partial charge in [0.15, 0.2) is 0 Å². The lowest BCUT2D eigenvalue weighted by Gasteiger charge is -2.35. The number of thiazole rings is 1. The number of aliphatic carboxylic acids is 1. The van der Waals surface area contributed by atoms with Gasteiger partial charge in [0.1, 0.15) is 10.7 Å². The number of carboxylic acids is 1. The first-order chi connectivity index (χ1) is 10.1. The maximum Gasteiger partial charge on any atom is 0.303 e. The molecule has 7 heteroatoms. The van der Waals surface area contributed by atoms with Crippen LogP contribution < -0.4 is 0 Å². The van der Waals surface area contributed by atoms with Crippen LogP contribution in [0.5, 0.6) is 0 Å². The number of likely N-dealkylation sites (tertiary alicyclic amines) is 1. The van der Waals surface area contributed by atoms with Crippen molar-refractivity contribution in [3.63, 3.8) is 0 Å². The molecular weight excluding hydrogens is 292 g/mol. The Morgan fingerprint density at radius 2 is 2.33 bits per heavy atom. The molecule has 21 heavy (non-hydrogen) atoms. The molecule has 0 spiro atoms. The average molecular weight is 312 g/mol. The fourth-order valence-electron chi connectivity index (χ4n) is 2.60. The van der Waals surface area contributed by atoms with E-state index in [-0.39, 0.29) is 18.4 Å². The third-order valence-electron chi connectivity index (χ3n) is 3.62. The Balaban J connectivity index is 2.04. The smallest absolute Gasteiger partial charge is 0.303 e. The zero-order chi connectivity index (χ0) is 15.2. The Hall–Kier alpha value is -1.47. The lowest BCUT2D eigenvalue weighted by atomic mass is 9.97. The van der Waals surface area contributed by atoms with Gasteiger partial charge in [0.05, 0.1) is 6.61 Å². The molecule has 2 rings (SSSR count). The lowest BCUT2D eigenvalue weighted by molar-refractivity contribution is -0.137. The molecule has 0 radical (unpaired) electrons. The number of carbonyl (C=O) groups excluding carboxylic acids is 1. The minimum Gasteiger partial charge on any atom is -0.481 e. The molecule has 1 N–H and O–H groups in total. The summed E-state index contributed by atoms with van der Waals surface area (Å²) in [6.45, 7) is 1.08. The highest BCUT2D eigenvalue weighted by molar-refractivity contribution is 7.09. The predicted octanol–water partition coefficient (Wildman–Crippen LogP) is 2.15. The van der Waals surface area contributed by atoms with Gasteiger partial charge in [-0.1, -0.05) is 0 Å². The monoisotopic (exact) mass is 312 g/mol. The summed E-state index contributed by atoms with van der Waals surface area (Å²) in [6.07, 6.45) is 3.48. The van der Waals surface area contributed by atoms with Gasteiger partial charge in [-0.25, -0.2) is 4.98 Å². The Kier molecular flexibility index (Phi) is 5.69. The van der Waals surface area contributed by atoms with Crippen molar-refractivity contribution in [2.75, 3.05) is 13.7 Å². The number of amides is 1. The molecule has 1 unspecified atom stereocenters. The molecule has 0 aromatic carbocycles. The number of hydrogen-bond acceptors (Lipinski definition) is 5. The van der Waals surface area contributed by atoms with E-state index in [9.17, 15) is 9.59 Å². The summed E-state index contributed by atoms with van der Waals surface area (Å²) in [7, 11) is 1.59. The topological polar surface area (TPSA) is 79.7 Å². The van der Waals surface area contributed by atoms with E-state index in [0.29, 0.717) is 25.3 Å². The summed E-state index contributed by atoms with van der Waals surface area (Å²) < 4.78 is 5.01. The molecule has 0 saturated carbocycles. The van der Waals surface area contributed by atoms with Crippen LogP contribution in [0, 0.1) is 0 Å². The lowest BCUT2D eigenvalue weighted by Crippen LogP contribution is -2.44. The van der Waals surface area contributed by atoms with Gasteiger partial charge < -0.3 is 14.7 Å². The first-order valence-electron chi connectivity index (χ1n) is 7.08. The maximum atomic E-state index is 12.6. The molecule has 1 aromatic rings. The van der Waals surface area contributed by atoms with Crippen LogP contribution in [0.3, 0.4) is 0 Å². The summed E-state index contributed by atoms with van der Waals surface area (Å²) in [4.78, 5) is 29.4. The first kappa shape index (κ1) is 15.9. The van der Waals surface area contributed by atoms with E-state index in [0.717, 1.165) is 24.3 Å². The summed E-state index contributed by atoms with van der Waals surface area (Å²) in [6, 6.07) is 0.00919. The normalized spacial score (nSPS) is 18.7. The number of carbonyl (C=O) groups is 2. The fourth-order valence-corrected chi connectivity index (χ4v) is 3.34. The molecule has 1 saturated heterocycles. The molecule has 6 nitrogen and oxygen atoms in total. The molecule has 116 valence electrons. The van der Waals surface area contributed by atoms with Gasteiger partial charge in [-0.3, -0.25) is 9.59 Å². The van der Waals surface area contributed by atoms with Crippen molar-refractivity contribution in [1.82, 2.24) is 9.88 Å². The summed E-state index contributed by atoms with van der Waals surface area (Å²) in [5, 5.41) is 11.3. The van der Waals surface area contributed by atoms with Crippen LogP contribution in [0.2, 0.25) is 0 Å². The molecule has 1 fully saturated rings. The van der Waals surface area contributed by atoms with E-state index in [1.165, 1.54) is 11.3 Å². The van der Waals surface area contributed by atoms with E-state index in [4.69, 9.17) is 9.84 Å². The molecule has 0 bridgehead atoms. The van der Waals surface area contributed by atoms with Crippen molar-refractivity contribution in [2.45, 2.75) is 44.8 Å². The van der Waals surface area contributed by atoms with E-state index in [1.54, 1.807) is 17.4 Å². The number of carboxylic acid groups (broad SMARTS) is 1. The molecule has 1 aliphatic rings. The second-order valence-corrected chi connectivity index (χ2v) is 6.08. The van der Waals surface area contributed by atoms with Gasteiger partial charge in [0.2, 0.25) is 0 Å². The highest BCUT2D eigenvalue weighted by atomic mass is 32.1. The minimum atomic E-state index is -0.816. The molecule has 0 aliphatic carbocycles. The Labute approximate surface area is 127 Å². The van der Waals surface area contributed by atoms with Gasteiger partial charge in [0, 0.05) is 31.5 Å². The number of piperidine rings is 1. The van der Waals surface area contributed by atoms with Crippen LogP contribution in [-0.2, 0) is 16.1 Å². The summed E-state index contributed by atoms with van der Waals surface area (Å²) in [5.41, 5.74) is 0.439. The largest absolute Gasteiger partial charge is 0.481 e. The highest BCUT2D eigenvalue weighted by Crippen LogP contribution is 2.23. The van der Waals surface area contributed by atoms with Crippen molar-refractivity contribution in [3.05, 3.63) is 16.1 Å². The van der Waals surface area contributed by atoms with E-state index in [2.05, 4.69) is 4.98 Å².